The van der Waals surface area contributed by atoms with E-state index in [0.29, 0.717) is 12.5 Å². The number of fused-ring (bicyclic) bond motifs is 6. The number of halogens is 1. The second kappa shape index (κ2) is 9.13. The maximum atomic E-state index is 11.6. The van der Waals surface area contributed by atoms with Crippen LogP contribution in [-0.4, -0.2) is 12.5 Å². The van der Waals surface area contributed by atoms with E-state index in [2.05, 4.69) is 100 Å². The van der Waals surface area contributed by atoms with Crippen molar-refractivity contribution in [3.63, 3.8) is 0 Å². The number of carbonyl (C=O) groups excluding carboxylic acids is 1. The average molecular weight is 522 g/mol. The predicted molar refractivity (Wildman–Crippen MR) is 150 cm³/mol. The van der Waals surface area contributed by atoms with Crippen molar-refractivity contribution < 1.29 is 4.79 Å². The van der Waals surface area contributed by atoms with Crippen LogP contribution >= 0.6 is 15.9 Å². The van der Waals surface area contributed by atoms with Gasteiger partial charge in [0.25, 0.3) is 0 Å². The number of aryl methyl sites for hydroxylation is 1. The first-order valence-electron chi connectivity index (χ1n) is 12.5. The molecular weight excluding hydrogens is 494 g/mol. The molecule has 3 heteroatoms. The third-order valence-electron chi connectivity index (χ3n) is 7.65. The Hall–Kier alpha value is -3.17. The minimum atomic E-state index is 0.0279. The van der Waals surface area contributed by atoms with Gasteiger partial charge in [0.15, 0.2) is 0 Å². The first kappa shape index (κ1) is 22.3. The summed E-state index contributed by atoms with van der Waals surface area (Å²) in [6.45, 7) is 2.25. The van der Waals surface area contributed by atoms with Gasteiger partial charge in [-0.25, -0.2) is 0 Å². The highest BCUT2D eigenvalue weighted by molar-refractivity contribution is 9.10. The quantitative estimate of drug-likeness (QED) is 0.238. The molecule has 0 saturated carbocycles. The molecule has 1 amide bonds. The van der Waals surface area contributed by atoms with Crippen LogP contribution in [0, 0.1) is 0 Å². The summed E-state index contributed by atoms with van der Waals surface area (Å²) in [6.07, 6.45) is 4.31. The summed E-state index contributed by atoms with van der Waals surface area (Å²) in [5.74, 6) is 0.401. The maximum absolute atomic E-state index is 11.6. The van der Waals surface area contributed by atoms with Gasteiger partial charge in [0.1, 0.15) is 0 Å². The van der Waals surface area contributed by atoms with Crippen molar-refractivity contribution in [2.24, 2.45) is 0 Å². The van der Waals surface area contributed by atoms with E-state index in [1.807, 2.05) is 0 Å². The molecule has 0 fully saturated rings. The van der Waals surface area contributed by atoms with Gasteiger partial charge in [-0.2, -0.15) is 0 Å². The van der Waals surface area contributed by atoms with Crippen LogP contribution in [0.3, 0.4) is 0 Å². The molecule has 174 valence electrons. The Morgan fingerprint density at radius 1 is 0.829 bits per heavy atom. The zero-order valence-electron chi connectivity index (χ0n) is 19.9. The molecule has 1 unspecified atom stereocenters. The normalized spacial score (nSPS) is 15.4. The predicted octanol–water partition coefficient (Wildman–Crippen LogP) is 8.06. The summed E-state index contributed by atoms with van der Waals surface area (Å²) in [4.78, 5) is 11.6. The molecule has 2 nitrogen and oxygen atoms in total. The Bertz CT molecular complexity index is 1600. The SMILES string of the molecule is CC(=O)NCCc1c(C2CCCc3c2ccc2c3ccc3c(Br)cccc32)ccc2ccccc12. The molecule has 1 atom stereocenters. The largest absolute Gasteiger partial charge is 0.356 e. The Balaban J connectivity index is 1.52. The lowest BCUT2D eigenvalue weighted by atomic mass is 9.75. The first-order valence-corrected chi connectivity index (χ1v) is 13.3. The van der Waals surface area contributed by atoms with Gasteiger partial charge >= 0.3 is 0 Å². The van der Waals surface area contributed by atoms with E-state index in [0.717, 1.165) is 23.7 Å². The number of hydrogen-bond acceptors (Lipinski definition) is 1. The summed E-state index contributed by atoms with van der Waals surface area (Å²) in [5, 5.41) is 10.9. The molecule has 5 aromatic rings. The van der Waals surface area contributed by atoms with Gasteiger partial charge in [0.2, 0.25) is 5.91 Å². The molecule has 0 radical (unpaired) electrons. The molecule has 0 saturated heterocycles. The average Bonchev–Trinajstić information content (AvgIpc) is 2.88. The Kier molecular flexibility index (Phi) is 5.82. The summed E-state index contributed by atoms with van der Waals surface area (Å²) in [6, 6.07) is 29.0. The van der Waals surface area contributed by atoms with Gasteiger partial charge in [-0.3, -0.25) is 4.79 Å². The minimum absolute atomic E-state index is 0.0279. The Morgan fingerprint density at radius 2 is 1.57 bits per heavy atom. The van der Waals surface area contributed by atoms with Crippen LogP contribution in [0.25, 0.3) is 32.3 Å². The fraction of sp³-hybridized carbons (Fsp3) is 0.219. The monoisotopic (exact) mass is 521 g/mol. The molecule has 5 aromatic carbocycles. The number of carbonyl (C=O) groups is 1. The van der Waals surface area contributed by atoms with E-state index >= 15 is 0 Å². The zero-order chi connectivity index (χ0) is 23.9. The van der Waals surface area contributed by atoms with Crippen molar-refractivity contribution >= 4 is 54.2 Å². The van der Waals surface area contributed by atoms with Gasteiger partial charge in [-0.15, -0.1) is 0 Å². The van der Waals surface area contributed by atoms with Crippen LogP contribution in [0.2, 0.25) is 0 Å². The fourth-order valence-electron chi connectivity index (χ4n) is 6.10. The van der Waals surface area contributed by atoms with Gasteiger partial charge < -0.3 is 5.32 Å². The smallest absolute Gasteiger partial charge is 0.216 e. The molecular formula is C32H28BrNO. The summed E-state index contributed by atoms with van der Waals surface area (Å²) < 4.78 is 1.15. The molecule has 0 aromatic heterocycles. The number of hydrogen-bond donors (Lipinski definition) is 1. The van der Waals surface area contributed by atoms with Crippen molar-refractivity contribution in [3.8, 4) is 0 Å². The Labute approximate surface area is 214 Å². The van der Waals surface area contributed by atoms with Crippen molar-refractivity contribution in [1.29, 1.82) is 0 Å². The minimum Gasteiger partial charge on any atom is -0.356 e. The standard InChI is InChI=1S/C32H28BrNO/c1-20(35)34-19-18-30-22-7-3-2-6-21(22)12-13-26(30)23-8-4-9-24-27(23)14-15-29-25-10-5-11-32(33)31(25)17-16-28(24)29/h2-3,5-7,10-17,23H,4,8-9,18-19H2,1H3,(H,34,35). The second-order valence-electron chi connectivity index (χ2n) is 9.66. The number of nitrogens with one attached hydrogen (secondary N) is 1. The van der Waals surface area contributed by atoms with Gasteiger partial charge in [-0.1, -0.05) is 88.7 Å². The van der Waals surface area contributed by atoms with Crippen LogP contribution in [0.4, 0.5) is 0 Å². The molecule has 1 aliphatic carbocycles. The molecule has 0 aliphatic heterocycles. The van der Waals surface area contributed by atoms with Crippen LogP contribution in [-0.2, 0) is 17.6 Å². The van der Waals surface area contributed by atoms with Crippen molar-refractivity contribution in [2.75, 3.05) is 6.54 Å². The molecule has 35 heavy (non-hydrogen) atoms. The number of amides is 1. The lowest BCUT2D eigenvalue weighted by Crippen LogP contribution is -2.23. The highest BCUT2D eigenvalue weighted by atomic mass is 79.9. The van der Waals surface area contributed by atoms with Crippen molar-refractivity contribution in [3.05, 3.63) is 106 Å². The maximum Gasteiger partial charge on any atom is 0.216 e. The van der Waals surface area contributed by atoms with Crippen LogP contribution in [0.1, 0.15) is 47.9 Å². The molecule has 1 N–H and O–H groups in total. The molecule has 0 bridgehead atoms. The summed E-state index contributed by atoms with van der Waals surface area (Å²) in [5.41, 5.74) is 5.76. The Morgan fingerprint density at radius 3 is 2.46 bits per heavy atom. The highest BCUT2D eigenvalue weighted by Gasteiger charge is 2.26. The van der Waals surface area contributed by atoms with Gasteiger partial charge in [0, 0.05) is 23.9 Å². The van der Waals surface area contributed by atoms with E-state index in [9.17, 15) is 4.79 Å². The third-order valence-corrected chi connectivity index (χ3v) is 8.34. The van der Waals surface area contributed by atoms with E-state index in [1.165, 1.54) is 61.0 Å². The van der Waals surface area contributed by atoms with E-state index < -0.39 is 0 Å². The lowest BCUT2D eigenvalue weighted by molar-refractivity contribution is -0.118. The highest BCUT2D eigenvalue weighted by Crippen LogP contribution is 2.43. The summed E-state index contributed by atoms with van der Waals surface area (Å²) in [7, 11) is 0. The third kappa shape index (κ3) is 3.92. The second-order valence-corrected chi connectivity index (χ2v) is 10.5. The van der Waals surface area contributed by atoms with Crippen LogP contribution < -0.4 is 5.32 Å². The van der Waals surface area contributed by atoms with E-state index in [-0.39, 0.29) is 5.91 Å². The molecule has 1 aliphatic rings. The van der Waals surface area contributed by atoms with E-state index in [1.54, 1.807) is 6.92 Å². The number of benzene rings is 5. The fourth-order valence-corrected chi connectivity index (χ4v) is 6.60. The van der Waals surface area contributed by atoms with Crippen LogP contribution in [0.15, 0.2) is 83.3 Å². The topological polar surface area (TPSA) is 29.1 Å². The van der Waals surface area contributed by atoms with Crippen molar-refractivity contribution in [1.82, 2.24) is 5.32 Å². The van der Waals surface area contributed by atoms with Gasteiger partial charge in [-0.05, 0) is 86.3 Å². The van der Waals surface area contributed by atoms with E-state index in [4.69, 9.17) is 0 Å². The van der Waals surface area contributed by atoms with Crippen molar-refractivity contribution in [2.45, 2.75) is 38.5 Å². The van der Waals surface area contributed by atoms with Gasteiger partial charge in [0.05, 0.1) is 0 Å². The summed E-state index contributed by atoms with van der Waals surface area (Å²) >= 11 is 3.73. The first-order chi connectivity index (χ1) is 17.1. The number of rotatable bonds is 4. The molecule has 0 spiro atoms. The molecule has 6 rings (SSSR count). The lowest BCUT2D eigenvalue weighted by Gasteiger charge is -2.30. The van der Waals surface area contributed by atoms with Crippen LogP contribution in [0.5, 0.6) is 0 Å². The zero-order valence-corrected chi connectivity index (χ0v) is 21.5. The molecule has 0 heterocycles.